The lowest BCUT2D eigenvalue weighted by Crippen LogP contribution is -2.59. The molecule has 0 aromatic carbocycles. The molecule has 0 radical (unpaired) electrons. The first-order valence-electron chi connectivity index (χ1n) is 8.95. The molecule has 168 valence electrons. The summed E-state index contributed by atoms with van der Waals surface area (Å²) in [6.45, 7) is 3.10. The van der Waals surface area contributed by atoms with Crippen LogP contribution < -0.4 is 0 Å². The number of hydrogen-bond donors (Lipinski definition) is 1. The van der Waals surface area contributed by atoms with Crippen molar-refractivity contribution in [3.8, 4) is 0 Å². The number of carbonyl (C=O) groups is 3. The summed E-state index contributed by atoms with van der Waals surface area (Å²) in [5.41, 5.74) is 0.320. The number of aliphatic hydroxyl groups excluding tert-OH is 1. The zero-order valence-corrected chi connectivity index (χ0v) is 18.0. The van der Waals surface area contributed by atoms with E-state index in [0.717, 1.165) is 13.8 Å². The van der Waals surface area contributed by atoms with Crippen LogP contribution in [0.1, 0.15) is 27.0 Å². The number of aliphatic hydroxyl groups is 1. The number of rotatable bonds is 5. The van der Waals surface area contributed by atoms with Crippen molar-refractivity contribution in [3.05, 3.63) is 16.8 Å². The van der Waals surface area contributed by atoms with Gasteiger partial charge >= 0.3 is 17.9 Å². The van der Waals surface area contributed by atoms with E-state index in [1.165, 1.54) is 17.8 Å². The SMILES string of the molecule is CC(=O)OCC1O[C@@H](n2cnc3c(Cl)nc(Cl)nc32)[C@H](OC(C)=O)[C@@H](O)[C@@H]1OC(C)=O. The number of carbonyl (C=O) groups excluding carboxylic acids is 3. The first-order chi connectivity index (χ1) is 14.6. The predicted molar refractivity (Wildman–Crippen MR) is 103 cm³/mol. The molecule has 0 bridgehead atoms. The van der Waals surface area contributed by atoms with Crippen LogP contribution in [0.25, 0.3) is 11.2 Å². The molecule has 12 nitrogen and oxygen atoms in total. The van der Waals surface area contributed by atoms with Gasteiger partial charge in [0.1, 0.15) is 24.3 Å². The Balaban J connectivity index is 2.06. The van der Waals surface area contributed by atoms with Gasteiger partial charge in [-0.1, -0.05) is 11.6 Å². The zero-order chi connectivity index (χ0) is 22.9. The molecule has 0 aliphatic carbocycles. The third-order valence-corrected chi connectivity index (χ3v) is 4.75. The molecule has 1 aliphatic rings. The number of halogens is 2. The molecule has 3 heterocycles. The van der Waals surface area contributed by atoms with Gasteiger partial charge in [0.05, 0.1) is 6.33 Å². The fraction of sp³-hybridized carbons (Fsp3) is 0.529. The number of esters is 3. The molecule has 3 rings (SSSR count). The highest BCUT2D eigenvalue weighted by atomic mass is 35.5. The summed E-state index contributed by atoms with van der Waals surface area (Å²) in [5, 5.41) is 10.7. The molecule has 2 aromatic rings. The van der Waals surface area contributed by atoms with Crippen molar-refractivity contribution in [2.45, 2.75) is 51.4 Å². The van der Waals surface area contributed by atoms with Gasteiger partial charge in [0.2, 0.25) is 5.28 Å². The van der Waals surface area contributed by atoms with Gasteiger partial charge in [-0.05, 0) is 11.6 Å². The van der Waals surface area contributed by atoms with Crippen LogP contribution in [0.2, 0.25) is 10.4 Å². The van der Waals surface area contributed by atoms with Gasteiger partial charge in [-0.2, -0.15) is 4.98 Å². The molecule has 0 amide bonds. The molecule has 1 fully saturated rings. The minimum Gasteiger partial charge on any atom is -0.463 e. The Hall–Kier alpha value is -2.54. The predicted octanol–water partition coefficient (Wildman–Crippen LogP) is 0.818. The van der Waals surface area contributed by atoms with Crippen LogP contribution in [0, 0.1) is 0 Å². The van der Waals surface area contributed by atoms with Crippen LogP contribution >= 0.6 is 23.2 Å². The Labute approximate surface area is 185 Å². The van der Waals surface area contributed by atoms with Crippen molar-refractivity contribution in [2.24, 2.45) is 0 Å². The first-order valence-corrected chi connectivity index (χ1v) is 9.71. The van der Waals surface area contributed by atoms with E-state index in [2.05, 4.69) is 15.0 Å². The Kier molecular flexibility index (Phi) is 6.94. The minimum absolute atomic E-state index is 0.0246. The summed E-state index contributed by atoms with van der Waals surface area (Å²) in [6.07, 6.45) is -5.22. The Bertz CT molecular complexity index is 1010. The van der Waals surface area contributed by atoms with Crippen LogP contribution in [0.4, 0.5) is 0 Å². The van der Waals surface area contributed by atoms with E-state index in [1.54, 1.807) is 0 Å². The number of fused-ring (bicyclic) bond motifs is 1. The van der Waals surface area contributed by atoms with Crippen LogP contribution in [-0.2, 0) is 33.3 Å². The first kappa shape index (κ1) is 23.1. The van der Waals surface area contributed by atoms with Gasteiger partial charge in [-0.3, -0.25) is 19.0 Å². The Morgan fingerprint density at radius 3 is 2.35 bits per heavy atom. The quantitative estimate of drug-likeness (QED) is 0.282. The second kappa shape index (κ2) is 9.30. The maximum Gasteiger partial charge on any atom is 0.303 e. The molecule has 0 spiro atoms. The molecule has 5 atom stereocenters. The van der Waals surface area contributed by atoms with Gasteiger partial charge in [0.15, 0.2) is 29.2 Å². The maximum atomic E-state index is 11.7. The summed E-state index contributed by atoms with van der Waals surface area (Å²) >= 11 is 12.0. The largest absolute Gasteiger partial charge is 0.463 e. The molecular formula is C17H18Cl2N4O8. The van der Waals surface area contributed by atoms with Crippen molar-refractivity contribution in [3.63, 3.8) is 0 Å². The van der Waals surface area contributed by atoms with Crippen molar-refractivity contribution >= 4 is 52.3 Å². The normalized spacial score (nSPS) is 25.8. The Morgan fingerprint density at radius 1 is 1.10 bits per heavy atom. The zero-order valence-electron chi connectivity index (χ0n) is 16.5. The standard InChI is InChI=1S/C17H18Cl2N4O8/c1-6(24)28-4-9-12(29-7(2)25)11(27)13(30-8(3)26)16(31-9)23-5-20-10-14(18)21-17(19)22-15(10)23/h5,9,11-13,16,27H,4H2,1-3H3/t9?,11-,12+,13+,16+/m0/s1. The van der Waals surface area contributed by atoms with Gasteiger partial charge < -0.3 is 24.1 Å². The van der Waals surface area contributed by atoms with Crippen LogP contribution in [0.3, 0.4) is 0 Å². The van der Waals surface area contributed by atoms with Crippen molar-refractivity contribution in [1.29, 1.82) is 0 Å². The van der Waals surface area contributed by atoms with Crippen LogP contribution in [-0.4, -0.2) is 73.6 Å². The number of nitrogens with zero attached hydrogens (tertiary/aromatic N) is 4. The monoisotopic (exact) mass is 476 g/mol. The van der Waals surface area contributed by atoms with E-state index < -0.39 is 48.6 Å². The minimum atomic E-state index is -1.54. The third kappa shape index (κ3) is 5.03. The third-order valence-electron chi connectivity index (χ3n) is 4.32. The smallest absolute Gasteiger partial charge is 0.303 e. The lowest BCUT2D eigenvalue weighted by atomic mass is 9.97. The maximum absolute atomic E-state index is 11.7. The summed E-state index contributed by atoms with van der Waals surface area (Å²) in [5.74, 6) is -2.06. The summed E-state index contributed by atoms with van der Waals surface area (Å²) < 4.78 is 22.7. The van der Waals surface area contributed by atoms with Crippen molar-refractivity contribution < 1.29 is 38.4 Å². The Morgan fingerprint density at radius 2 is 1.74 bits per heavy atom. The van der Waals surface area contributed by atoms with Crippen LogP contribution in [0.5, 0.6) is 0 Å². The van der Waals surface area contributed by atoms with Gasteiger partial charge in [-0.15, -0.1) is 0 Å². The highest BCUT2D eigenvalue weighted by Crippen LogP contribution is 2.35. The fourth-order valence-electron chi connectivity index (χ4n) is 3.17. The van der Waals surface area contributed by atoms with E-state index in [1.807, 2.05) is 0 Å². The second-order valence-electron chi connectivity index (χ2n) is 6.61. The van der Waals surface area contributed by atoms with Crippen LogP contribution in [0.15, 0.2) is 6.33 Å². The van der Waals surface area contributed by atoms with Gasteiger partial charge in [0, 0.05) is 20.8 Å². The van der Waals surface area contributed by atoms with Gasteiger partial charge in [0.25, 0.3) is 0 Å². The molecule has 31 heavy (non-hydrogen) atoms. The number of aromatic nitrogens is 4. The van der Waals surface area contributed by atoms with E-state index >= 15 is 0 Å². The topological polar surface area (TPSA) is 152 Å². The lowest BCUT2D eigenvalue weighted by molar-refractivity contribution is -0.263. The molecule has 1 saturated heterocycles. The molecule has 0 saturated carbocycles. The second-order valence-corrected chi connectivity index (χ2v) is 7.31. The molecule has 1 aliphatic heterocycles. The molecule has 2 aromatic heterocycles. The summed E-state index contributed by atoms with van der Waals surface area (Å²) in [6, 6.07) is 0. The number of imidazole rings is 1. The summed E-state index contributed by atoms with van der Waals surface area (Å²) in [7, 11) is 0. The lowest BCUT2D eigenvalue weighted by Gasteiger charge is -2.43. The van der Waals surface area contributed by atoms with Crippen molar-refractivity contribution in [2.75, 3.05) is 6.61 Å². The van der Waals surface area contributed by atoms with E-state index in [4.69, 9.17) is 42.1 Å². The van der Waals surface area contributed by atoms with E-state index in [9.17, 15) is 19.5 Å². The highest BCUT2D eigenvalue weighted by Gasteiger charge is 2.50. The number of hydrogen-bond acceptors (Lipinski definition) is 11. The average molecular weight is 477 g/mol. The van der Waals surface area contributed by atoms with Crippen molar-refractivity contribution in [1.82, 2.24) is 19.5 Å². The molecular weight excluding hydrogens is 459 g/mol. The molecule has 14 heteroatoms. The highest BCUT2D eigenvalue weighted by molar-refractivity contribution is 6.35. The number of ether oxygens (including phenoxy) is 4. The average Bonchev–Trinajstić information content (AvgIpc) is 3.07. The van der Waals surface area contributed by atoms with Gasteiger partial charge in [-0.25, -0.2) is 9.97 Å². The van der Waals surface area contributed by atoms with E-state index in [-0.39, 0.29) is 28.2 Å². The molecule has 1 N–H and O–H groups in total. The van der Waals surface area contributed by atoms with E-state index in [0.29, 0.717) is 0 Å². The fourth-order valence-corrected chi connectivity index (χ4v) is 3.59. The molecule has 1 unspecified atom stereocenters. The summed E-state index contributed by atoms with van der Waals surface area (Å²) in [4.78, 5) is 46.6.